The Morgan fingerprint density at radius 1 is 1.06 bits per heavy atom. The minimum atomic E-state index is -4.79. The van der Waals surface area contributed by atoms with Gasteiger partial charge < -0.3 is 20.0 Å². The average Bonchev–Trinajstić information content (AvgIpc) is 3.26. The van der Waals surface area contributed by atoms with Gasteiger partial charge in [-0.25, -0.2) is 4.79 Å². The molecule has 2 aromatic carbocycles. The number of urea groups is 1. The summed E-state index contributed by atoms with van der Waals surface area (Å²) in [6.45, 7) is 0.0177. The van der Waals surface area contributed by atoms with Crippen LogP contribution in [0.5, 0.6) is 0 Å². The summed E-state index contributed by atoms with van der Waals surface area (Å²) in [4.78, 5) is 25.7. The number of carbonyl (C=O) groups excluding carboxylic acids is 2. The van der Waals surface area contributed by atoms with Gasteiger partial charge in [-0.15, -0.1) is 0 Å². The van der Waals surface area contributed by atoms with E-state index in [-0.39, 0.29) is 23.0 Å². The van der Waals surface area contributed by atoms with Crippen molar-refractivity contribution in [2.24, 2.45) is 0 Å². The number of hydrogen-bond donors (Lipinski definition) is 2. The van der Waals surface area contributed by atoms with Crippen LogP contribution in [0.25, 0.3) is 0 Å². The number of amides is 3. The third-order valence-electron chi connectivity index (χ3n) is 4.36. The number of anilines is 2. The summed E-state index contributed by atoms with van der Waals surface area (Å²) in [5.41, 5.74) is -1.18. The van der Waals surface area contributed by atoms with Crippen molar-refractivity contribution >= 4 is 46.5 Å². The first kappa shape index (κ1) is 23.5. The van der Waals surface area contributed by atoms with Crippen molar-refractivity contribution in [3.63, 3.8) is 0 Å². The summed E-state index contributed by atoms with van der Waals surface area (Å²) in [5, 5.41) is 5.11. The van der Waals surface area contributed by atoms with Crippen molar-refractivity contribution < 1.29 is 27.2 Å². The standard InChI is InChI=1S/C21H16Cl2F3N3O3/c1-29(11-12-4-2-5-15(22)18(12)23)20(31)28-16-8-7-13(10-14(16)21(24,25)26)27-19(30)17-6-3-9-32-17/h2-10H,11H2,1H3,(H,27,30)(H,28,31). The predicted molar refractivity (Wildman–Crippen MR) is 115 cm³/mol. The second kappa shape index (κ2) is 9.54. The van der Waals surface area contributed by atoms with Crippen LogP contribution < -0.4 is 10.6 Å². The van der Waals surface area contributed by atoms with E-state index in [0.29, 0.717) is 10.6 Å². The van der Waals surface area contributed by atoms with Gasteiger partial charge in [0.15, 0.2) is 5.76 Å². The highest BCUT2D eigenvalue weighted by molar-refractivity contribution is 6.42. The summed E-state index contributed by atoms with van der Waals surface area (Å²) in [6, 6.07) is 9.94. The molecule has 0 radical (unpaired) electrons. The molecule has 2 N–H and O–H groups in total. The molecule has 6 nitrogen and oxygen atoms in total. The molecule has 168 valence electrons. The van der Waals surface area contributed by atoms with Crippen LogP contribution in [0.3, 0.4) is 0 Å². The Kier molecular flexibility index (Phi) is 7.00. The van der Waals surface area contributed by atoms with E-state index in [0.717, 1.165) is 17.0 Å². The van der Waals surface area contributed by atoms with Crippen molar-refractivity contribution in [2.45, 2.75) is 12.7 Å². The van der Waals surface area contributed by atoms with E-state index in [1.165, 1.54) is 31.5 Å². The van der Waals surface area contributed by atoms with Crippen molar-refractivity contribution in [3.05, 3.63) is 81.7 Å². The quantitative estimate of drug-likeness (QED) is 0.431. The highest BCUT2D eigenvalue weighted by Crippen LogP contribution is 2.37. The molecular weight excluding hydrogens is 470 g/mol. The molecule has 0 saturated carbocycles. The number of nitrogens with one attached hydrogen (secondary N) is 2. The minimum absolute atomic E-state index is 0.0177. The van der Waals surface area contributed by atoms with Gasteiger partial charge in [-0.1, -0.05) is 35.3 Å². The number of rotatable bonds is 5. The van der Waals surface area contributed by atoms with Crippen molar-refractivity contribution in [1.29, 1.82) is 0 Å². The maximum absolute atomic E-state index is 13.6. The van der Waals surface area contributed by atoms with Crippen LogP contribution in [0, 0.1) is 0 Å². The zero-order valence-electron chi connectivity index (χ0n) is 16.5. The molecule has 11 heteroatoms. The second-order valence-corrected chi connectivity index (χ2v) is 7.47. The van der Waals surface area contributed by atoms with Crippen LogP contribution in [0.15, 0.2) is 59.2 Å². The minimum Gasteiger partial charge on any atom is -0.459 e. The van der Waals surface area contributed by atoms with Crippen molar-refractivity contribution in [3.8, 4) is 0 Å². The fraction of sp³-hybridized carbons (Fsp3) is 0.143. The molecule has 3 aromatic rings. The Labute approximate surface area is 190 Å². The lowest BCUT2D eigenvalue weighted by Gasteiger charge is -2.21. The number of furan rings is 1. The number of halogens is 5. The predicted octanol–water partition coefficient (Wildman–Crippen LogP) is 6.52. The zero-order valence-corrected chi connectivity index (χ0v) is 18.0. The average molecular weight is 486 g/mol. The van der Waals surface area contributed by atoms with E-state index in [1.54, 1.807) is 18.2 Å². The number of nitrogens with zero attached hydrogens (tertiary/aromatic N) is 1. The Balaban J connectivity index is 1.78. The molecule has 0 spiro atoms. The van der Waals surface area contributed by atoms with Gasteiger partial charge in [-0.3, -0.25) is 4.79 Å². The molecule has 0 saturated heterocycles. The van der Waals surface area contributed by atoms with Crippen LogP contribution in [0.1, 0.15) is 21.7 Å². The smallest absolute Gasteiger partial charge is 0.418 e. The molecule has 0 aliphatic carbocycles. The lowest BCUT2D eigenvalue weighted by atomic mass is 10.1. The van der Waals surface area contributed by atoms with Crippen molar-refractivity contribution in [1.82, 2.24) is 4.90 Å². The number of carbonyl (C=O) groups is 2. The molecule has 3 amide bonds. The Bertz CT molecular complexity index is 1140. The first-order valence-electron chi connectivity index (χ1n) is 9.07. The lowest BCUT2D eigenvalue weighted by molar-refractivity contribution is -0.136. The number of benzene rings is 2. The Morgan fingerprint density at radius 2 is 1.81 bits per heavy atom. The fourth-order valence-corrected chi connectivity index (χ4v) is 3.15. The third kappa shape index (κ3) is 5.54. The highest BCUT2D eigenvalue weighted by Gasteiger charge is 2.34. The molecule has 0 atom stereocenters. The summed E-state index contributed by atoms with van der Waals surface area (Å²) >= 11 is 12.1. The summed E-state index contributed by atoms with van der Waals surface area (Å²) in [7, 11) is 1.40. The van der Waals surface area contributed by atoms with Gasteiger partial charge in [0.25, 0.3) is 5.91 Å². The van der Waals surface area contributed by atoms with E-state index in [2.05, 4.69) is 10.6 Å². The molecular formula is C21H16Cl2F3N3O3. The first-order chi connectivity index (χ1) is 15.1. The van der Waals surface area contributed by atoms with Gasteiger partial charge in [-0.2, -0.15) is 13.2 Å². The maximum Gasteiger partial charge on any atom is 0.418 e. The molecule has 0 aliphatic heterocycles. The van der Waals surface area contributed by atoms with E-state index in [1.807, 2.05) is 0 Å². The molecule has 0 aliphatic rings. The van der Waals surface area contributed by atoms with Gasteiger partial charge in [0, 0.05) is 19.3 Å². The molecule has 1 aromatic heterocycles. The van der Waals surface area contributed by atoms with Crippen LogP contribution in [-0.4, -0.2) is 23.9 Å². The van der Waals surface area contributed by atoms with Crippen molar-refractivity contribution in [2.75, 3.05) is 17.7 Å². The summed E-state index contributed by atoms with van der Waals surface area (Å²) in [5.74, 6) is -0.768. The Morgan fingerprint density at radius 3 is 2.47 bits per heavy atom. The normalized spacial score (nSPS) is 11.2. The molecule has 0 fully saturated rings. The van der Waals surface area contributed by atoms with Gasteiger partial charge in [0.2, 0.25) is 0 Å². The Hall–Kier alpha value is -3.17. The molecule has 1 heterocycles. The van der Waals surface area contributed by atoms with Crippen LogP contribution in [0.2, 0.25) is 10.0 Å². The van der Waals surface area contributed by atoms with Crippen LogP contribution in [-0.2, 0) is 12.7 Å². The van der Waals surface area contributed by atoms with Crippen LogP contribution >= 0.6 is 23.2 Å². The van der Waals surface area contributed by atoms with Crippen LogP contribution in [0.4, 0.5) is 29.3 Å². The monoisotopic (exact) mass is 485 g/mol. The first-order valence-corrected chi connectivity index (χ1v) is 9.83. The molecule has 0 unspecified atom stereocenters. The third-order valence-corrected chi connectivity index (χ3v) is 5.21. The maximum atomic E-state index is 13.6. The lowest BCUT2D eigenvalue weighted by Crippen LogP contribution is -2.31. The number of alkyl halides is 3. The highest BCUT2D eigenvalue weighted by atomic mass is 35.5. The van der Waals surface area contributed by atoms with E-state index in [4.69, 9.17) is 27.6 Å². The zero-order chi connectivity index (χ0) is 23.5. The van der Waals surface area contributed by atoms with Gasteiger partial charge >= 0.3 is 12.2 Å². The van der Waals surface area contributed by atoms with Gasteiger partial charge in [-0.05, 0) is 42.0 Å². The van der Waals surface area contributed by atoms with Gasteiger partial charge in [0.1, 0.15) is 0 Å². The molecule has 3 rings (SSSR count). The summed E-state index contributed by atoms with van der Waals surface area (Å²) in [6.07, 6.45) is -3.52. The SMILES string of the molecule is CN(Cc1cccc(Cl)c1Cl)C(=O)Nc1ccc(NC(=O)c2ccco2)cc1C(F)(F)F. The fourth-order valence-electron chi connectivity index (χ4n) is 2.77. The van der Waals surface area contributed by atoms with E-state index < -0.39 is 29.4 Å². The summed E-state index contributed by atoms with van der Waals surface area (Å²) < 4.78 is 45.7. The largest absolute Gasteiger partial charge is 0.459 e. The number of hydrogen-bond acceptors (Lipinski definition) is 3. The van der Waals surface area contributed by atoms with E-state index >= 15 is 0 Å². The second-order valence-electron chi connectivity index (χ2n) is 6.69. The topological polar surface area (TPSA) is 74.6 Å². The van der Waals surface area contributed by atoms with Gasteiger partial charge in [0.05, 0.1) is 27.6 Å². The molecule has 0 bridgehead atoms. The van der Waals surface area contributed by atoms with E-state index in [9.17, 15) is 22.8 Å². The molecule has 32 heavy (non-hydrogen) atoms.